The Balaban J connectivity index is 1.36. The van der Waals surface area contributed by atoms with E-state index in [0.717, 1.165) is 11.3 Å². The number of thiocarbonyl (C=S) groups is 1. The second-order valence-electron chi connectivity index (χ2n) is 7.02. The summed E-state index contributed by atoms with van der Waals surface area (Å²) in [5.74, 6) is 0.896. The maximum absolute atomic E-state index is 12.4. The fourth-order valence-electron chi connectivity index (χ4n) is 2.88. The first-order valence-electron chi connectivity index (χ1n) is 9.69. The standard InChI is InChI=1S/C23H20N4O3S/c1-14(2)29-18-11-7-15(8-12-18)21(28)27-23(31)25-17-9-5-16(6-10-17)22-26-20-19(30-22)4-3-13-24-20/h3-14H,1-2H3,(H2,25,27,28,31). The number of oxazole rings is 1. The van der Waals surface area contributed by atoms with Crippen LogP contribution in [0.1, 0.15) is 24.2 Å². The molecule has 0 fully saturated rings. The number of hydrogen-bond acceptors (Lipinski definition) is 6. The van der Waals surface area contributed by atoms with Gasteiger partial charge < -0.3 is 14.5 Å². The Hall–Kier alpha value is -3.78. The molecule has 0 aliphatic rings. The predicted octanol–water partition coefficient (Wildman–Crippen LogP) is 4.80. The smallest absolute Gasteiger partial charge is 0.257 e. The highest BCUT2D eigenvalue weighted by atomic mass is 32.1. The Kier molecular flexibility index (Phi) is 5.90. The van der Waals surface area contributed by atoms with Gasteiger partial charge in [-0.25, -0.2) is 4.98 Å². The van der Waals surface area contributed by atoms with Gasteiger partial charge in [0.05, 0.1) is 6.10 Å². The SMILES string of the molecule is CC(C)Oc1ccc(C(=O)NC(=S)Nc2ccc(-c3nc4ncccc4o3)cc2)cc1. The molecule has 7 nitrogen and oxygen atoms in total. The monoisotopic (exact) mass is 432 g/mol. The third-order valence-electron chi connectivity index (χ3n) is 4.27. The molecule has 0 saturated carbocycles. The first kappa shape index (κ1) is 20.5. The molecule has 0 aliphatic heterocycles. The summed E-state index contributed by atoms with van der Waals surface area (Å²) in [6.45, 7) is 3.89. The number of rotatable bonds is 5. The van der Waals surface area contributed by atoms with Crippen LogP contribution in [0.3, 0.4) is 0 Å². The van der Waals surface area contributed by atoms with E-state index in [1.54, 1.807) is 36.5 Å². The number of hydrogen-bond donors (Lipinski definition) is 2. The van der Waals surface area contributed by atoms with Gasteiger partial charge in [0.1, 0.15) is 5.75 Å². The van der Waals surface area contributed by atoms with Gasteiger partial charge in [-0.1, -0.05) is 0 Å². The van der Waals surface area contributed by atoms with E-state index in [-0.39, 0.29) is 17.1 Å². The van der Waals surface area contributed by atoms with Gasteiger partial charge in [-0.05, 0) is 86.7 Å². The number of carbonyl (C=O) groups excluding carboxylic acids is 1. The highest BCUT2D eigenvalue weighted by Crippen LogP contribution is 2.24. The van der Waals surface area contributed by atoms with Crippen molar-refractivity contribution < 1.29 is 13.9 Å². The van der Waals surface area contributed by atoms with Crippen LogP contribution in [0.2, 0.25) is 0 Å². The molecule has 31 heavy (non-hydrogen) atoms. The van der Waals surface area contributed by atoms with Crippen LogP contribution < -0.4 is 15.4 Å². The van der Waals surface area contributed by atoms with Crippen LogP contribution in [0.5, 0.6) is 5.75 Å². The number of ether oxygens (including phenoxy) is 1. The second-order valence-corrected chi connectivity index (χ2v) is 7.43. The first-order valence-corrected chi connectivity index (χ1v) is 10.1. The summed E-state index contributed by atoms with van der Waals surface area (Å²) in [5.41, 5.74) is 3.21. The molecule has 2 aromatic heterocycles. The minimum Gasteiger partial charge on any atom is -0.491 e. The molecule has 156 valence electrons. The van der Waals surface area contributed by atoms with Gasteiger partial charge in [-0.3, -0.25) is 10.1 Å². The lowest BCUT2D eigenvalue weighted by Crippen LogP contribution is -2.34. The van der Waals surface area contributed by atoms with Crippen LogP contribution in [0.15, 0.2) is 71.3 Å². The summed E-state index contributed by atoms with van der Waals surface area (Å²) in [7, 11) is 0. The molecular weight excluding hydrogens is 412 g/mol. The number of benzene rings is 2. The Bertz CT molecular complexity index is 1180. The number of nitrogens with zero attached hydrogens (tertiary/aromatic N) is 2. The summed E-state index contributed by atoms with van der Waals surface area (Å²) >= 11 is 5.26. The maximum Gasteiger partial charge on any atom is 0.257 e. The van der Waals surface area contributed by atoms with Crippen molar-refractivity contribution in [1.29, 1.82) is 0 Å². The molecule has 1 amide bonds. The summed E-state index contributed by atoms with van der Waals surface area (Å²) in [6, 6.07) is 17.9. The molecule has 8 heteroatoms. The molecule has 0 aliphatic carbocycles. The van der Waals surface area contributed by atoms with Crippen LogP contribution >= 0.6 is 12.2 Å². The van der Waals surface area contributed by atoms with Gasteiger partial charge in [0.15, 0.2) is 16.3 Å². The zero-order valence-electron chi connectivity index (χ0n) is 17.0. The maximum atomic E-state index is 12.4. The Morgan fingerprint density at radius 2 is 1.81 bits per heavy atom. The van der Waals surface area contributed by atoms with Crippen molar-refractivity contribution in [2.24, 2.45) is 0 Å². The zero-order valence-corrected chi connectivity index (χ0v) is 17.8. The Morgan fingerprint density at radius 1 is 1.06 bits per heavy atom. The van der Waals surface area contributed by atoms with E-state index in [9.17, 15) is 4.79 Å². The summed E-state index contributed by atoms with van der Waals surface area (Å²) < 4.78 is 11.3. The number of fused-ring (bicyclic) bond motifs is 1. The molecule has 0 bridgehead atoms. The molecule has 0 radical (unpaired) electrons. The number of carbonyl (C=O) groups is 1. The molecule has 0 spiro atoms. The average Bonchev–Trinajstić information content (AvgIpc) is 3.18. The largest absolute Gasteiger partial charge is 0.491 e. The van der Waals surface area contributed by atoms with Crippen molar-refractivity contribution in [1.82, 2.24) is 15.3 Å². The van der Waals surface area contributed by atoms with Gasteiger partial charge in [0.25, 0.3) is 5.91 Å². The molecule has 0 atom stereocenters. The lowest BCUT2D eigenvalue weighted by Gasteiger charge is -2.11. The summed E-state index contributed by atoms with van der Waals surface area (Å²) in [6.07, 6.45) is 1.74. The van der Waals surface area contributed by atoms with Crippen molar-refractivity contribution in [2.75, 3.05) is 5.32 Å². The number of pyridine rings is 1. The summed E-state index contributed by atoms with van der Waals surface area (Å²) in [5, 5.41) is 5.87. The van der Waals surface area contributed by atoms with Gasteiger partial charge in [-0.15, -0.1) is 0 Å². The molecular formula is C23H20N4O3S. The minimum absolute atomic E-state index is 0.0714. The zero-order chi connectivity index (χ0) is 21.8. The molecule has 0 unspecified atom stereocenters. The van der Waals surface area contributed by atoms with Gasteiger partial charge in [0.2, 0.25) is 5.89 Å². The van der Waals surface area contributed by atoms with Crippen molar-refractivity contribution in [3.05, 3.63) is 72.4 Å². The number of anilines is 1. The highest BCUT2D eigenvalue weighted by molar-refractivity contribution is 7.80. The normalized spacial score (nSPS) is 10.8. The average molecular weight is 433 g/mol. The van der Waals surface area contributed by atoms with Crippen LogP contribution in [0.4, 0.5) is 5.69 Å². The molecule has 4 rings (SSSR count). The van der Waals surface area contributed by atoms with Crippen molar-refractivity contribution >= 4 is 40.2 Å². The van der Waals surface area contributed by atoms with Gasteiger partial charge in [0, 0.05) is 23.0 Å². The van der Waals surface area contributed by atoms with Crippen LogP contribution in [-0.2, 0) is 0 Å². The predicted molar refractivity (Wildman–Crippen MR) is 123 cm³/mol. The lowest BCUT2D eigenvalue weighted by molar-refractivity contribution is 0.0977. The Morgan fingerprint density at radius 3 is 2.48 bits per heavy atom. The summed E-state index contributed by atoms with van der Waals surface area (Å²) in [4.78, 5) is 20.9. The fourth-order valence-corrected chi connectivity index (χ4v) is 3.09. The van der Waals surface area contributed by atoms with Crippen LogP contribution in [0.25, 0.3) is 22.7 Å². The van der Waals surface area contributed by atoms with E-state index in [4.69, 9.17) is 21.4 Å². The molecule has 4 aromatic rings. The number of nitrogens with one attached hydrogen (secondary N) is 2. The van der Waals surface area contributed by atoms with E-state index >= 15 is 0 Å². The highest BCUT2D eigenvalue weighted by Gasteiger charge is 2.11. The first-order chi connectivity index (χ1) is 15.0. The fraction of sp³-hybridized carbons (Fsp3) is 0.130. The third-order valence-corrected chi connectivity index (χ3v) is 4.47. The van der Waals surface area contributed by atoms with Gasteiger partial charge >= 0.3 is 0 Å². The molecule has 0 saturated heterocycles. The van der Waals surface area contributed by atoms with Crippen molar-refractivity contribution in [2.45, 2.75) is 20.0 Å². The van der Waals surface area contributed by atoms with E-state index in [1.807, 2.05) is 44.2 Å². The minimum atomic E-state index is -0.302. The van der Waals surface area contributed by atoms with E-state index in [0.29, 0.717) is 28.4 Å². The topological polar surface area (TPSA) is 89.3 Å². The van der Waals surface area contributed by atoms with Crippen molar-refractivity contribution in [3.63, 3.8) is 0 Å². The molecule has 2 heterocycles. The molecule has 2 N–H and O–H groups in total. The van der Waals surface area contributed by atoms with Crippen LogP contribution in [-0.4, -0.2) is 27.1 Å². The van der Waals surface area contributed by atoms with Gasteiger partial charge in [-0.2, -0.15) is 4.98 Å². The second kappa shape index (κ2) is 8.93. The van der Waals surface area contributed by atoms with Crippen LogP contribution in [0, 0.1) is 0 Å². The number of amides is 1. The number of aromatic nitrogens is 2. The quantitative estimate of drug-likeness (QED) is 0.438. The van der Waals surface area contributed by atoms with Crippen molar-refractivity contribution in [3.8, 4) is 17.2 Å². The molecule has 2 aromatic carbocycles. The lowest BCUT2D eigenvalue weighted by atomic mass is 10.2. The van der Waals surface area contributed by atoms with E-state index < -0.39 is 0 Å². The Labute approximate surface area is 184 Å². The van der Waals surface area contributed by atoms with E-state index in [1.165, 1.54) is 0 Å². The van der Waals surface area contributed by atoms with E-state index in [2.05, 4.69) is 20.6 Å². The third kappa shape index (κ3) is 5.04.